The lowest BCUT2D eigenvalue weighted by atomic mass is 10.1. The van der Waals surface area contributed by atoms with Crippen LogP contribution < -0.4 is 19.0 Å². The smallest absolute Gasteiger partial charge is 0.205 e. The molecule has 0 radical (unpaired) electrons. The van der Waals surface area contributed by atoms with Crippen molar-refractivity contribution < 1.29 is 14.2 Å². The van der Waals surface area contributed by atoms with E-state index in [0.29, 0.717) is 17.2 Å². The zero-order valence-corrected chi connectivity index (χ0v) is 18.9. The Morgan fingerprint density at radius 3 is 2.29 bits per heavy atom. The third-order valence-corrected chi connectivity index (χ3v) is 5.94. The highest BCUT2D eigenvalue weighted by Gasteiger charge is 2.16. The molecule has 0 saturated carbocycles. The van der Waals surface area contributed by atoms with Crippen molar-refractivity contribution in [3.05, 3.63) is 55.7 Å². The minimum Gasteiger partial charge on any atom is -0.493 e. The average molecular weight is 509 g/mol. The summed E-state index contributed by atoms with van der Waals surface area (Å²) in [7, 11) is 6.55. The van der Waals surface area contributed by atoms with Gasteiger partial charge in [-0.15, -0.1) is 11.3 Å². The monoisotopic (exact) mass is 509 g/mol. The molecular formula is C20H20IN3O3S. The zero-order valence-electron chi connectivity index (χ0n) is 16.0. The maximum atomic E-state index is 5.49. The molecule has 0 aliphatic carbocycles. The summed E-state index contributed by atoms with van der Waals surface area (Å²) >= 11 is 3.81. The topological polar surface area (TPSA) is 57.3 Å². The van der Waals surface area contributed by atoms with Gasteiger partial charge < -0.3 is 14.2 Å². The van der Waals surface area contributed by atoms with Crippen molar-refractivity contribution in [2.75, 3.05) is 28.4 Å². The number of benzene rings is 2. The fraction of sp³-hybridized carbons (Fsp3) is 0.200. The van der Waals surface area contributed by atoms with Gasteiger partial charge >= 0.3 is 0 Å². The highest BCUT2D eigenvalue weighted by molar-refractivity contribution is 14.1. The Kier molecular flexibility index (Phi) is 6.74. The second kappa shape index (κ2) is 9.24. The fourth-order valence-electron chi connectivity index (χ4n) is 2.69. The number of methoxy groups -OCH3 is 3. The second-order valence-electron chi connectivity index (χ2n) is 5.62. The van der Waals surface area contributed by atoms with E-state index in [9.17, 15) is 0 Å². The Bertz CT molecular complexity index is 1050. The highest BCUT2D eigenvalue weighted by Crippen LogP contribution is 2.41. The van der Waals surface area contributed by atoms with Gasteiger partial charge in [0, 0.05) is 27.1 Å². The van der Waals surface area contributed by atoms with Gasteiger partial charge in [-0.25, -0.2) is 4.68 Å². The van der Waals surface area contributed by atoms with Crippen molar-refractivity contribution in [2.45, 2.75) is 0 Å². The number of aromatic nitrogens is 1. The van der Waals surface area contributed by atoms with Gasteiger partial charge in [-0.2, -0.15) is 5.10 Å². The first-order valence-electron chi connectivity index (χ1n) is 8.35. The summed E-state index contributed by atoms with van der Waals surface area (Å²) in [5.41, 5.74) is 2.81. The van der Waals surface area contributed by atoms with E-state index in [4.69, 9.17) is 14.2 Å². The van der Waals surface area contributed by atoms with Crippen molar-refractivity contribution in [3.8, 4) is 28.5 Å². The van der Waals surface area contributed by atoms with Crippen LogP contribution in [-0.2, 0) is 0 Å². The summed E-state index contributed by atoms with van der Waals surface area (Å²) in [5.74, 6) is 1.73. The van der Waals surface area contributed by atoms with Crippen LogP contribution in [0, 0.1) is 3.57 Å². The minimum absolute atomic E-state index is 0.554. The third-order valence-electron chi connectivity index (χ3n) is 4.05. The van der Waals surface area contributed by atoms with Gasteiger partial charge in [-0.05, 0) is 40.8 Å². The predicted octanol–water partition coefficient (Wildman–Crippen LogP) is 4.26. The van der Waals surface area contributed by atoms with Gasteiger partial charge in [-0.3, -0.25) is 4.99 Å². The summed E-state index contributed by atoms with van der Waals surface area (Å²) in [4.78, 5) is 5.13. The highest BCUT2D eigenvalue weighted by atomic mass is 127. The minimum atomic E-state index is 0.554. The maximum absolute atomic E-state index is 5.49. The zero-order chi connectivity index (χ0) is 20.1. The van der Waals surface area contributed by atoms with Crippen molar-refractivity contribution in [1.82, 2.24) is 4.68 Å². The third kappa shape index (κ3) is 4.07. The summed E-state index contributed by atoms with van der Waals surface area (Å²) in [6.45, 7) is 0. The Morgan fingerprint density at radius 1 is 1.04 bits per heavy atom. The van der Waals surface area contributed by atoms with Gasteiger partial charge in [-0.1, -0.05) is 18.2 Å². The Hall–Kier alpha value is -2.33. The molecule has 0 fully saturated rings. The molecular weight excluding hydrogens is 489 g/mol. The van der Waals surface area contributed by atoms with Crippen molar-refractivity contribution in [3.63, 3.8) is 0 Å². The number of thiazole rings is 1. The van der Waals surface area contributed by atoms with Crippen LogP contribution in [0.15, 0.2) is 51.9 Å². The van der Waals surface area contributed by atoms with Gasteiger partial charge in [0.25, 0.3) is 0 Å². The Morgan fingerprint density at radius 2 is 1.71 bits per heavy atom. The first-order chi connectivity index (χ1) is 13.6. The Labute approximate surface area is 181 Å². The molecule has 6 nitrogen and oxygen atoms in total. The van der Waals surface area contributed by atoms with E-state index in [1.807, 2.05) is 52.7 Å². The van der Waals surface area contributed by atoms with Gasteiger partial charge in [0.1, 0.15) is 0 Å². The van der Waals surface area contributed by atoms with Crippen LogP contribution in [0.2, 0.25) is 0 Å². The lowest BCUT2D eigenvalue weighted by Gasteiger charge is -2.14. The van der Waals surface area contributed by atoms with Gasteiger partial charge in [0.2, 0.25) is 10.6 Å². The number of halogens is 1. The second-order valence-corrected chi connectivity index (χ2v) is 7.62. The lowest BCUT2D eigenvalue weighted by Crippen LogP contribution is -2.11. The summed E-state index contributed by atoms with van der Waals surface area (Å²) in [6.07, 6.45) is 1.84. The molecule has 1 heterocycles. The fourth-order valence-corrected chi connectivity index (χ4v) is 4.02. The summed E-state index contributed by atoms with van der Waals surface area (Å²) < 4.78 is 19.3. The number of ether oxygens (including phenoxy) is 3. The molecule has 3 rings (SSSR count). The normalized spacial score (nSPS) is 11.8. The number of rotatable bonds is 6. The van der Waals surface area contributed by atoms with E-state index in [2.05, 4.69) is 32.7 Å². The number of hydrogen-bond donors (Lipinski definition) is 0. The molecule has 0 bridgehead atoms. The first kappa shape index (κ1) is 20.4. The molecule has 3 aromatic rings. The van der Waals surface area contributed by atoms with Crippen molar-refractivity contribution in [2.24, 2.45) is 10.1 Å². The SMILES string of the molecule is CN=c1scc(-c2cc(OC)c(OC)c(OC)c2)n1/N=C\c1ccccc1I. The van der Waals surface area contributed by atoms with Crippen LogP contribution in [0.3, 0.4) is 0 Å². The molecule has 0 aliphatic heterocycles. The van der Waals surface area contributed by atoms with E-state index in [1.54, 1.807) is 28.4 Å². The molecule has 146 valence electrons. The van der Waals surface area contributed by atoms with Gasteiger partial charge in [0.15, 0.2) is 11.5 Å². The van der Waals surface area contributed by atoms with Gasteiger partial charge in [0.05, 0.1) is 33.2 Å². The van der Waals surface area contributed by atoms with Crippen LogP contribution >= 0.6 is 33.9 Å². The molecule has 0 atom stereocenters. The molecule has 0 saturated heterocycles. The number of hydrogen-bond acceptors (Lipinski definition) is 6. The summed E-state index contributed by atoms with van der Waals surface area (Å²) in [5, 5.41) is 6.70. The van der Waals surface area contributed by atoms with E-state index in [1.165, 1.54) is 11.3 Å². The standard InChI is InChI=1S/C20H20IN3O3S/c1-22-20-24(23-11-13-7-5-6-8-15(13)21)16(12-28-20)14-9-17(25-2)19(27-4)18(10-14)26-3/h5-12H,1-4H3/b22-20?,23-11-. The van der Waals surface area contributed by atoms with E-state index in [-0.39, 0.29) is 0 Å². The molecule has 0 N–H and O–H groups in total. The molecule has 0 amide bonds. The average Bonchev–Trinajstić information content (AvgIpc) is 3.14. The molecule has 0 unspecified atom stereocenters. The molecule has 0 spiro atoms. The van der Waals surface area contributed by atoms with Crippen LogP contribution in [0.5, 0.6) is 17.2 Å². The maximum Gasteiger partial charge on any atom is 0.205 e. The van der Waals surface area contributed by atoms with Crippen molar-refractivity contribution in [1.29, 1.82) is 0 Å². The van der Waals surface area contributed by atoms with E-state index in [0.717, 1.165) is 25.2 Å². The van der Waals surface area contributed by atoms with E-state index >= 15 is 0 Å². The first-order valence-corrected chi connectivity index (χ1v) is 10.3. The molecule has 1 aromatic heterocycles. The van der Waals surface area contributed by atoms with Crippen LogP contribution in [0.4, 0.5) is 0 Å². The van der Waals surface area contributed by atoms with Crippen LogP contribution in [-0.4, -0.2) is 39.3 Å². The number of nitrogens with zero attached hydrogens (tertiary/aromatic N) is 3. The molecule has 0 aliphatic rings. The van der Waals surface area contributed by atoms with Crippen LogP contribution in [0.25, 0.3) is 11.3 Å². The lowest BCUT2D eigenvalue weighted by molar-refractivity contribution is 0.324. The molecule has 8 heteroatoms. The molecule has 28 heavy (non-hydrogen) atoms. The predicted molar refractivity (Wildman–Crippen MR) is 121 cm³/mol. The van der Waals surface area contributed by atoms with Crippen molar-refractivity contribution >= 4 is 40.1 Å². The van der Waals surface area contributed by atoms with E-state index < -0.39 is 0 Å². The Balaban J connectivity index is 2.15. The summed E-state index contributed by atoms with van der Waals surface area (Å²) in [6, 6.07) is 11.9. The quantitative estimate of drug-likeness (QED) is 0.369. The largest absolute Gasteiger partial charge is 0.493 e. The molecule has 2 aromatic carbocycles. The van der Waals surface area contributed by atoms with Crippen LogP contribution in [0.1, 0.15) is 5.56 Å².